The summed E-state index contributed by atoms with van der Waals surface area (Å²) in [5, 5.41) is 0. The van der Waals surface area contributed by atoms with E-state index < -0.39 is 0 Å². The van der Waals surface area contributed by atoms with Crippen molar-refractivity contribution in [1.29, 1.82) is 0 Å². The summed E-state index contributed by atoms with van der Waals surface area (Å²) in [5.41, 5.74) is 7.45. The van der Waals surface area contributed by atoms with Gasteiger partial charge in [-0.3, -0.25) is 4.79 Å². The number of hydrogen-bond donors (Lipinski definition) is 1. The molecule has 94 valence electrons. The number of anilines is 1. The van der Waals surface area contributed by atoms with Gasteiger partial charge in [0.1, 0.15) is 0 Å². The molecule has 0 saturated carbocycles. The fraction of sp³-hybridized carbons (Fsp3) is 0.500. The molecule has 0 amide bonds. The Kier molecular flexibility index (Phi) is 6.15. The quantitative estimate of drug-likeness (QED) is 0.449. The van der Waals surface area contributed by atoms with Crippen molar-refractivity contribution < 1.29 is 9.53 Å². The highest BCUT2D eigenvalue weighted by atomic mass is 16.5. The molecule has 17 heavy (non-hydrogen) atoms. The van der Waals surface area contributed by atoms with Crippen molar-refractivity contribution in [1.82, 2.24) is 0 Å². The summed E-state index contributed by atoms with van der Waals surface area (Å²) < 4.78 is 5.13. The number of nitrogens with two attached hydrogens (primary N) is 1. The number of ether oxygens (including phenoxy) is 1. The van der Waals surface area contributed by atoms with Gasteiger partial charge in [-0.25, -0.2) is 0 Å². The van der Waals surface area contributed by atoms with Crippen LogP contribution in [-0.4, -0.2) is 12.6 Å². The first-order valence-corrected chi connectivity index (χ1v) is 6.22. The number of esters is 1. The summed E-state index contributed by atoms with van der Waals surface area (Å²) in [6.45, 7) is 2.68. The smallest absolute Gasteiger partial charge is 0.306 e. The van der Waals surface area contributed by atoms with E-state index in [0.717, 1.165) is 30.5 Å². The maximum absolute atomic E-state index is 11.4. The minimum Gasteiger partial charge on any atom is -0.466 e. The molecule has 2 N–H and O–H groups in total. The maximum atomic E-state index is 11.4. The van der Waals surface area contributed by atoms with Gasteiger partial charge in [-0.15, -0.1) is 0 Å². The summed E-state index contributed by atoms with van der Waals surface area (Å²) >= 11 is 0. The second kappa shape index (κ2) is 7.71. The average Bonchev–Trinajstić information content (AvgIpc) is 2.34. The van der Waals surface area contributed by atoms with Crippen molar-refractivity contribution >= 4 is 11.7 Å². The Labute approximate surface area is 103 Å². The van der Waals surface area contributed by atoms with Crippen molar-refractivity contribution in [3.05, 3.63) is 29.8 Å². The molecule has 0 fully saturated rings. The minimum atomic E-state index is -0.113. The fourth-order valence-electron chi connectivity index (χ4n) is 1.54. The lowest BCUT2D eigenvalue weighted by molar-refractivity contribution is -0.143. The summed E-state index contributed by atoms with van der Waals surface area (Å²) in [5.74, 6) is -0.113. The number of carbonyl (C=O) groups is 1. The van der Waals surface area contributed by atoms with Gasteiger partial charge in [0.2, 0.25) is 0 Å². The fourth-order valence-corrected chi connectivity index (χ4v) is 1.54. The van der Waals surface area contributed by atoms with Crippen LogP contribution in [0.3, 0.4) is 0 Å². The zero-order chi connectivity index (χ0) is 12.5. The van der Waals surface area contributed by atoms with Gasteiger partial charge in [-0.05, 0) is 30.5 Å². The predicted molar refractivity (Wildman–Crippen MR) is 69.7 cm³/mol. The summed E-state index contributed by atoms with van der Waals surface area (Å²) in [6, 6.07) is 7.59. The van der Waals surface area contributed by atoms with Crippen LogP contribution in [-0.2, 0) is 16.0 Å². The molecule has 0 aliphatic heterocycles. The molecule has 0 radical (unpaired) electrons. The van der Waals surface area contributed by atoms with Crippen LogP contribution in [0, 0.1) is 0 Å². The summed E-state index contributed by atoms with van der Waals surface area (Å²) in [7, 11) is 0. The van der Waals surface area contributed by atoms with E-state index in [1.807, 2.05) is 24.3 Å². The Bertz CT molecular complexity index is 333. The Morgan fingerprint density at radius 2 is 1.94 bits per heavy atom. The molecule has 0 aliphatic rings. The Morgan fingerprint density at radius 1 is 1.24 bits per heavy atom. The number of aryl methyl sites for hydroxylation is 1. The number of hydrogen-bond acceptors (Lipinski definition) is 3. The van der Waals surface area contributed by atoms with Crippen LogP contribution in [0.5, 0.6) is 0 Å². The van der Waals surface area contributed by atoms with E-state index in [4.69, 9.17) is 10.5 Å². The van der Waals surface area contributed by atoms with Crippen LogP contribution in [0.4, 0.5) is 5.69 Å². The number of carbonyl (C=O) groups excluding carboxylic acids is 1. The van der Waals surface area contributed by atoms with Crippen molar-refractivity contribution in [2.75, 3.05) is 12.3 Å². The van der Waals surface area contributed by atoms with Gasteiger partial charge in [0, 0.05) is 12.1 Å². The highest BCUT2D eigenvalue weighted by molar-refractivity contribution is 5.69. The largest absolute Gasteiger partial charge is 0.466 e. The first-order chi connectivity index (χ1) is 8.22. The first kappa shape index (κ1) is 13.6. The lowest BCUT2D eigenvalue weighted by Gasteiger charge is -2.04. The van der Waals surface area contributed by atoms with Crippen LogP contribution in [0.2, 0.25) is 0 Å². The second-order valence-electron chi connectivity index (χ2n) is 4.17. The highest BCUT2D eigenvalue weighted by Crippen LogP contribution is 2.08. The molecule has 0 aliphatic carbocycles. The Balaban J connectivity index is 2.17. The van der Waals surface area contributed by atoms with Gasteiger partial charge in [0.25, 0.3) is 0 Å². The molecule has 0 bridgehead atoms. The number of benzene rings is 1. The van der Waals surface area contributed by atoms with Gasteiger partial charge < -0.3 is 10.5 Å². The number of nitrogen functional groups attached to an aromatic ring is 1. The molecule has 0 heterocycles. The Morgan fingerprint density at radius 3 is 2.59 bits per heavy atom. The van der Waals surface area contributed by atoms with E-state index >= 15 is 0 Å². The molecule has 1 aromatic carbocycles. The molecular formula is C14H21NO2. The van der Waals surface area contributed by atoms with Gasteiger partial charge in [0.05, 0.1) is 6.61 Å². The van der Waals surface area contributed by atoms with E-state index in [0.29, 0.717) is 19.4 Å². The number of unbranched alkanes of at least 4 members (excludes halogenated alkanes) is 2. The van der Waals surface area contributed by atoms with Crippen molar-refractivity contribution in [3.8, 4) is 0 Å². The van der Waals surface area contributed by atoms with Gasteiger partial charge >= 0.3 is 5.97 Å². The SMILES string of the molecule is CCCCCOC(=O)CCc1ccc(N)cc1. The predicted octanol–water partition coefficient (Wildman–Crippen LogP) is 2.93. The van der Waals surface area contributed by atoms with Crippen LogP contribution in [0.25, 0.3) is 0 Å². The monoisotopic (exact) mass is 235 g/mol. The van der Waals surface area contributed by atoms with E-state index in [1.165, 1.54) is 0 Å². The molecule has 0 saturated heterocycles. The van der Waals surface area contributed by atoms with Crippen molar-refractivity contribution in [2.45, 2.75) is 39.0 Å². The lowest BCUT2D eigenvalue weighted by Crippen LogP contribution is -2.07. The first-order valence-electron chi connectivity index (χ1n) is 6.22. The third-order valence-corrected chi connectivity index (χ3v) is 2.61. The van der Waals surface area contributed by atoms with Crippen LogP contribution in [0.1, 0.15) is 38.2 Å². The zero-order valence-electron chi connectivity index (χ0n) is 10.4. The average molecular weight is 235 g/mol. The molecular weight excluding hydrogens is 214 g/mol. The van der Waals surface area contributed by atoms with E-state index in [9.17, 15) is 4.79 Å². The zero-order valence-corrected chi connectivity index (χ0v) is 10.4. The normalized spacial score (nSPS) is 10.2. The molecule has 1 rings (SSSR count). The van der Waals surface area contributed by atoms with E-state index in [2.05, 4.69) is 6.92 Å². The molecule has 1 aromatic rings. The lowest BCUT2D eigenvalue weighted by atomic mass is 10.1. The third kappa shape index (κ3) is 5.95. The second-order valence-corrected chi connectivity index (χ2v) is 4.17. The number of rotatable bonds is 7. The third-order valence-electron chi connectivity index (χ3n) is 2.61. The van der Waals surface area contributed by atoms with Crippen molar-refractivity contribution in [3.63, 3.8) is 0 Å². The molecule has 0 atom stereocenters. The van der Waals surface area contributed by atoms with Crippen LogP contribution < -0.4 is 5.73 Å². The van der Waals surface area contributed by atoms with Gasteiger partial charge in [0.15, 0.2) is 0 Å². The Hall–Kier alpha value is -1.51. The standard InChI is InChI=1S/C14H21NO2/c1-2-3-4-11-17-14(16)10-7-12-5-8-13(15)9-6-12/h5-6,8-9H,2-4,7,10-11,15H2,1H3. The molecule has 3 heteroatoms. The molecule has 0 spiro atoms. The van der Waals surface area contributed by atoms with Crippen LogP contribution in [0.15, 0.2) is 24.3 Å². The minimum absolute atomic E-state index is 0.113. The molecule has 0 aromatic heterocycles. The molecule has 3 nitrogen and oxygen atoms in total. The molecule has 0 unspecified atom stereocenters. The highest BCUT2D eigenvalue weighted by Gasteiger charge is 2.03. The summed E-state index contributed by atoms with van der Waals surface area (Å²) in [6.07, 6.45) is 4.38. The van der Waals surface area contributed by atoms with E-state index in [1.54, 1.807) is 0 Å². The van der Waals surface area contributed by atoms with Gasteiger partial charge in [-0.2, -0.15) is 0 Å². The topological polar surface area (TPSA) is 52.3 Å². The summed E-state index contributed by atoms with van der Waals surface area (Å²) in [4.78, 5) is 11.4. The van der Waals surface area contributed by atoms with E-state index in [-0.39, 0.29) is 5.97 Å². The van der Waals surface area contributed by atoms with Crippen molar-refractivity contribution in [2.24, 2.45) is 0 Å². The maximum Gasteiger partial charge on any atom is 0.306 e. The van der Waals surface area contributed by atoms with Gasteiger partial charge in [-0.1, -0.05) is 31.9 Å². The van der Waals surface area contributed by atoms with Crippen LogP contribution >= 0.6 is 0 Å².